The van der Waals surface area contributed by atoms with Crippen molar-refractivity contribution >= 4 is 5.91 Å². The van der Waals surface area contributed by atoms with Crippen LogP contribution in [-0.4, -0.2) is 61.6 Å². The Morgan fingerprint density at radius 3 is 2.64 bits per heavy atom. The Kier molecular flexibility index (Phi) is 6.19. The Morgan fingerprint density at radius 2 is 1.92 bits per heavy atom. The Bertz CT molecular complexity index is 570. The van der Waals surface area contributed by atoms with E-state index in [0.29, 0.717) is 12.0 Å². The maximum Gasteiger partial charge on any atom is 0.219 e. The predicted octanol–water partition coefficient (Wildman–Crippen LogP) is 2.80. The Hall–Kier alpha value is -1.75. The molecule has 1 atom stereocenters. The zero-order valence-corrected chi connectivity index (χ0v) is 15.4. The van der Waals surface area contributed by atoms with Crippen LogP contribution in [0.2, 0.25) is 0 Å². The third-order valence-corrected chi connectivity index (χ3v) is 5.50. The van der Waals surface area contributed by atoms with Crippen molar-refractivity contribution in [2.24, 2.45) is 5.92 Å². The second-order valence-electron chi connectivity index (χ2n) is 7.23. The first kappa shape index (κ1) is 18.1. The largest absolute Gasteiger partial charge is 0.497 e. The molecule has 0 N–H and O–H groups in total. The third-order valence-electron chi connectivity index (χ3n) is 5.50. The van der Waals surface area contributed by atoms with Crippen molar-refractivity contribution in [2.45, 2.75) is 38.6 Å². The van der Waals surface area contributed by atoms with Crippen LogP contribution in [0.4, 0.5) is 0 Å². The number of piperidine rings is 2. The molecule has 2 heterocycles. The minimum atomic E-state index is 0.210. The SMILES string of the molecule is COc1cccc(OC[C@@H]2CCCN(C3CCN(C(C)=O)CC3)C2)c1. The molecule has 0 radical (unpaired) electrons. The maximum atomic E-state index is 11.5. The van der Waals surface area contributed by atoms with Gasteiger partial charge in [0.15, 0.2) is 0 Å². The average Bonchev–Trinajstić information content (AvgIpc) is 2.67. The molecular weight excluding hydrogens is 316 g/mol. The number of nitrogens with zero attached hydrogens (tertiary/aromatic N) is 2. The standard InChI is InChI=1S/C20H30N2O3/c1-16(23)21-11-8-18(9-12-21)22-10-4-5-17(14-22)15-25-20-7-3-6-19(13-20)24-2/h3,6-7,13,17-18H,4-5,8-12,14-15H2,1-2H3/t17-/m1/s1. The molecule has 0 unspecified atom stereocenters. The van der Waals surface area contributed by atoms with Crippen LogP contribution in [0.3, 0.4) is 0 Å². The van der Waals surface area contributed by atoms with Gasteiger partial charge in [-0.15, -0.1) is 0 Å². The Balaban J connectivity index is 1.47. The zero-order chi connectivity index (χ0) is 17.6. The van der Waals surface area contributed by atoms with Crippen LogP contribution >= 0.6 is 0 Å². The first-order chi connectivity index (χ1) is 12.2. The number of amides is 1. The summed E-state index contributed by atoms with van der Waals surface area (Å²) in [6.07, 6.45) is 4.66. The van der Waals surface area contributed by atoms with E-state index in [1.165, 1.54) is 19.4 Å². The fourth-order valence-electron chi connectivity index (χ4n) is 4.02. The third kappa shape index (κ3) is 4.88. The summed E-state index contributed by atoms with van der Waals surface area (Å²) in [5.74, 6) is 2.50. The highest BCUT2D eigenvalue weighted by Crippen LogP contribution is 2.25. The molecule has 0 bridgehead atoms. The molecule has 2 fully saturated rings. The molecule has 0 saturated carbocycles. The summed E-state index contributed by atoms with van der Waals surface area (Å²) in [6, 6.07) is 8.45. The second-order valence-corrected chi connectivity index (χ2v) is 7.23. The molecule has 2 saturated heterocycles. The number of benzene rings is 1. The number of rotatable bonds is 5. The number of carbonyl (C=O) groups excluding carboxylic acids is 1. The van der Waals surface area contributed by atoms with Gasteiger partial charge in [0.05, 0.1) is 13.7 Å². The number of carbonyl (C=O) groups is 1. The van der Waals surface area contributed by atoms with Gasteiger partial charge in [-0.25, -0.2) is 0 Å². The van der Waals surface area contributed by atoms with E-state index in [1.807, 2.05) is 29.2 Å². The Labute approximate surface area is 150 Å². The minimum absolute atomic E-state index is 0.210. The summed E-state index contributed by atoms with van der Waals surface area (Å²) in [5.41, 5.74) is 0. The van der Waals surface area contributed by atoms with Crippen LogP contribution in [0.15, 0.2) is 24.3 Å². The highest BCUT2D eigenvalue weighted by molar-refractivity contribution is 5.73. The smallest absolute Gasteiger partial charge is 0.219 e. The highest BCUT2D eigenvalue weighted by atomic mass is 16.5. The zero-order valence-electron chi connectivity index (χ0n) is 15.4. The van der Waals surface area contributed by atoms with Crippen molar-refractivity contribution in [1.29, 1.82) is 0 Å². The van der Waals surface area contributed by atoms with Gasteiger partial charge in [-0.05, 0) is 44.4 Å². The second kappa shape index (κ2) is 8.56. The topological polar surface area (TPSA) is 42.0 Å². The quantitative estimate of drug-likeness (QED) is 0.822. The van der Waals surface area contributed by atoms with Gasteiger partial charge in [0.2, 0.25) is 5.91 Å². The lowest BCUT2D eigenvalue weighted by Crippen LogP contribution is -2.49. The van der Waals surface area contributed by atoms with Gasteiger partial charge in [0.25, 0.3) is 0 Å². The van der Waals surface area contributed by atoms with Crippen LogP contribution < -0.4 is 9.47 Å². The molecule has 5 nitrogen and oxygen atoms in total. The number of ether oxygens (including phenoxy) is 2. The highest BCUT2D eigenvalue weighted by Gasteiger charge is 2.29. The van der Waals surface area contributed by atoms with Crippen LogP contribution in [-0.2, 0) is 4.79 Å². The molecule has 0 aliphatic carbocycles. The molecular formula is C20H30N2O3. The van der Waals surface area contributed by atoms with E-state index in [0.717, 1.165) is 50.6 Å². The molecule has 1 amide bonds. The van der Waals surface area contributed by atoms with E-state index >= 15 is 0 Å². The number of hydrogen-bond acceptors (Lipinski definition) is 4. The molecule has 2 aliphatic rings. The van der Waals surface area contributed by atoms with Crippen molar-refractivity contribution in [3.8, 4) is 11.5 Å². The van der Waals surface area contributed by atoms with Gasteiger partial charge in [0.1, 0.15) is 11.5 Å². The lowest BCUT2D eigenvalue weighted by Gasteiger charge is -2.42. The first-order valence-corrected chi connectivity index (χ1v) is 9.42. The van der Waals surface area contributed by atoms with E-state index in [1.54, 1.807) is 14.0 Å². The van der Waals surface area contributed by atoms with Gasteiger partial charge in [-0.3, -0.25) is 9.69 Å². The number of methoxy groups -OCH3 is 1. The summed E-state index contributed by atoms with van der Waals surface area (Å²) < 4.78 is 11.3. The van der Waals surface area contributed by atoms with E-state index in [2.05, 4.69) is 4.90 Å². The summed E-state index contributed by atoms with van der Waals surface area (Å²) in [6.45, 7) is 6.53. The van der Waals surface area contributed by atoms with Crippen LogP contribution in [0.25, 0.3) is 0 Å². The molecule has 0 aromatic heterocycles. The molecule has 5 heteroatoms. The molecule has 25 heavy (non-hydrogen) atoms. The first-order valence-electron chi connectivity index (χ1n) is 9.42. The van der Waals surface area contributed by atoms with Gasteiger partial charge in [-0.1, -0.05) is 6.07 Å². The van der Waals surface area contributed by atoms with Crippen molar-refractivity contribution < 1.29 is 14.3 Å². The summed E-state index contributed by atoms with van der Waals surface area (Å²) in [7, 11) is 1.68. The predicted molar refractivity (Wildman–Crippen MR) is 98.1 cm³/mol. The lowest BCUT2D eigenvalue weighted by atomic mass is 9.94. The van der Waals surface area contributed by atoms with E-state index < -0.39 is 0 Å². The van der Waals surface area contributed by atoms with Crippen molar-refractivity contribution in [2.75, 3.05) is 39.9 Å². The van der Waals surface area contributed by atoms with Crippen LogP contribution in [0.5, 0.6) is 11.5 Å². The van der Waals surface area contributed by atoms with Crippen molar-refractivity contribution in [3.63, 3.8) is 0 Å². The number of hydrogen-bond donors (Lipinski definition) is 0. The van der Waals surface area contributed by atoms with Gasteiger partial charge in [-0.2, -0.15) is 0 Å². The summed E-state index contributed by atoms with van der Waals surface area (Å²) >= 11 is 0. The number of likely N-dealkylation sites (tertiary alicyclic amines) is 2. The fraction of sp³-hybridized carbons (Fsp3) is 0.650. The minimum Gasteiger partial charge on any atom is -0.497 e. The maximum absolute atomic E-state index is 11.5. The lowest BCUT2D eigenvalue weighted by molar-refractivity contribution is -0.130. The monoisotopic (exact) mass is 346 g/mol. The molecule has 1 aromatic rings. The van der Waals surface area contributed by atoms with Crippen LogP contribution in [0, 0.1) is 5.92 Å². The van der Waals surface area contributed by atoms with Gasteiger partial charge in [0, 0.05) is 44.6 Å². The van der Waals surface area contributed by atoms with E-state index in [4.69, 9.17) is 9.47 Å². The summed E-state index contributed by atoms with van der Waals surface area (Å²) in [5, 5.41) is 0. The average molecular weight is 346 g/mol. The molecule has 3 rings (SSSR count). The molecule has 0 spiro atoms. The van der Waals surface area contributed by atoms with Crippen LogP contribution in [0.1, 0.15) is 32.6 Å². The normalized spacial score (nSPS) is 22.6. The van der Waals surface area contributed by atoms with Crippen molar-refractivity contribution in [3.05, 3.63) is 24.3 Å². The molecule has 1 aromatic carbocycles. The van der Waals surface area contributed by atoms with Gasteiger partial charge >= 0.3 is 0 Å². The van der Waals surface area contributed by atoms with E-state index in [9.17, 15) is 4.79 Å². The van der Waals surface area contributed by atoms with E-state index in [-0.39, 0.29) is 5.91 Å². The Morgan fingerprint density at radius 1 is 1.16 bits per heavy atom. The molecule has 2 aliphatic heterocycles. The fourth-order valence-corrected chi connectivity index (χ4v) is 4.02. The van der Waals surface area contributed by atoms with Crippen molar-refractivity contribution in [1.82, 2.24) is 9.80 Å². The summed E-state index contributed by atoms with van der Waals surface area (Å²) in [4.78, 5) is 16.1. The van der Waals surface area contributed by atoms with Gasteiger partial charge < -0.3 is 14.4 Å². The molecule has 138 valence electrons.